The predicted octanol–water partition coefficient (Wildman–Crippen LogP) is 1.89. The zero-order chi connectivity index (χ0) is 19.2. The van der Waals surface area contributed by atoms with Crippen LogP contribution in [0.3, 0.4) is 0 Å². The molecule has 1 fully saturated rings. The van der Waals surface area contributed by atoms with Crippen LogP contribution in [0, 0.1) is 0 Å². The van der Waals surface area contributed by atoms with Crippen molar-refractivity contribution in [3.63, 3.8) is 0 Å². The van der Waals surface area contributed by atoms with Gasteiger partial charge in [-0.15, -0.1) is 0 Å². The van der Waals surface area contributed by atoms with E-state index in [2.05, 4.69) is 37.4 Å². The summed E-state index contributed by atoms with van der Waals surface area (Å²) in [5.41, 5.74) is 0.532. The Morgan fingerprint density at radius 2 is 1.81 bits per heavy atom. The molecule has 2 aromatic rings. The Morgan fingerprint density at radius 1 is 1.04 bits per heavy atom. The Bertz CT molecular complexity index is 792. The second-order valence-electron chi connectivity index (χ2n) is 6.20. The van der Waals surface area contributed by atoms with Crippen molar-refractivity contribution in [1.82, 2.24) is 14.9 Å². The van der Waals surface area contributed by atoms with Gasteiger partial charge < -0.3 is 24.6 Å². The maximum atomic E-state index is 12.3. The monoisotopic (exact) mass is 372 g/mol. The van der Waals surface area contributed by atoms with Gasteiger partial charge in [-0.05, 0) is 19.2 Å². The van der Waals surface area contributed by atoms with Crippen LogP contribution in [0.5, 0.6) is 11.5 Å². The molecule has 0 atom stereocenters. The number of nitrogens with zero attached hydrogens (tertiary/aromatic N) is 4. The fraction of sp³-hybridized carbons (Fsp3) is 0.389. The highest BCUT2D eigenvalue weighted by atomic mass is 16.5. The van der Waals surface area contributed by atoms with Gasteiger partial charge in [0.2, 0.25) is 0 Å². The van der Waals surface area contributed by atoms with Gasteiger partial charge in [0.25, 0.3) is 0 Å². The second-order valence-corrected chi connectivity index (χ2v) is 6.20. The van der Waals surface area contributed by atoms with Crippen LogP contribution in [0.15, 0.2) is 30.6 Å². The molecule has 1 aromatic heterocycles. The number of anilines is 3. The van der Waals surface area contributed by atoms with Crippen LogP contribution in [-0.2, 0) is 0 Å². The quantitative estimate of drug-likeness (QED) is 0.828. The van der Waals surface area contributed by atoms with E-state index in [1.165, 1.54) is 13.4 Å². The summed E-state index contributed by atoms with van der Waals surface area (Å²) in [6.45, 7) is 3.74. The molecule has 1 aliphatic rings. The first-order valence-corrected chi connectivity index (χ1v) is 8.64. The number of carbonyl (C=O) groups excluding carboxylic acids is 1. The van der Waals surface area contributed by atoms with Crippen molar-refractivity contribution in [3.8, 4) is 11.5 Å². The minimum atomic E-state index is -0.415. The molecule has 2 N–H and O–H groups in total. The number of carbonyl (C=O) groups is 1. The number of piperazine rings is 1. The van der Waals surface area contributed by atoms with E-state index in [1.54, 1.807) is 31.4 Å². The fourth-order valence-corrected chi connectivity index (χ4v) is 2.80. The van der Waals surface area contributed by atoms with Gasteiger partial charge in [0.05, 0.1) is 19.9 Å². The van der Waals surface area contributed by atoms with Crippen LogP contribution in [-0.4, -0.2) is 68.3 Å². The van der Waals surface area contributed by atoms with E-state index in [1.807, 2.05) is 0 Å². The average molecular weight is 372 g/mol. The Morgan fingerprint density at radius 3 is 2.52 bits per heavy atom. The normalized spacial score (nSPS) is 14.6. The number of likely N-dealkylation sites (N-methyl/N-ethyl adjacent to an activating group) is 1. The van der Waals surface area contributed by atoms with E-state index in [4.69, 9.17) is 9.47 Å². The van der Waals surface area contributed by atoms with E-state index < -0.39 is 6.03 Å². The van der Waals surface area contributed by atoms with E-state index >= 15 is 0 Å². The number of methoxy groups -OCH3 is 2. The molecule has 1 aliphatic heterocycles. The third-order valence-corrected chi connectivity index (χ3v) is 4.38. The molecule has 1 saturated heterocycles. The zero-order valence-corrected chi connectivity index (χ0v) is 15.7. The Labute approximate surface area is 158 Å². The third-order valence-electron chi connectivity index (χ3n) is 4.38. The number of aromatic nitrogens is 2. The highest BCUT2D eigenvalue weighted by Gasteiger charge is 2.16. The zero-order valence-electron chi connectivity index (χ0n) is 15.7. The lowest BCUT2D eigenvalue weighted by molar-refractivity contribution is 0.262. The Kier molecular flexibility index (Phi) is 5.92. The van der Waals surface area contributed by atoms with Crippen LogP contribution in [0.25, 0.3) is 0 Å². The molecule has 2 amide bonds. The van der Waals surface area contributed by atoms with Crippen molar-refractivity contribution in [2.24, 2.45) is 0 Å². The number of amides is 2. The lowest BCUT2D eigenvalue weighted by Crippen LogP contribution is -2.44. The first-order valence-electron chi connectivity index (χ1n) is 8.64. The molecule has 144 valence electrons. The number of hydrogen-bond acceptors (Lipinski definition) is 7. The molecule has 2 heterocycles. The molecule has 9 heteroatoms. The number of urea groups is 1. The summed E-state index contributed by atoms with van der Waals surface area (Å²) in [6, 6.07) is 6.52. The van der Waals surface area contributed by atoms with Gasteiger partial charge in [0.1, 0.15) is 29.5 Å². The van der Waals surface area contributed by atoms with Crippen molar-refractivity contribution < 1.29 is 14.3 Å². The Balaban J connectivity index is 1.65. The number of nitrogens with one attached hydrogen (secondary N) is 2. The lowest BCUT2D eigenvalue weighted by Gasteiger charge is -2.33. The molecule has 0 saturated carbocycles. The third kappa shape index (κ3) is 4.76. The van der Waals surface area contributed by atoms with Crippen LogP contribution in [0.2, 0.25) is 0 Å². The topological polar surface area (TPSA) is 91.9 Å². The number of benzene rings is 1. The van der Waals surface area contributed by atoms with Crippen LogP contribution >= 0.6 is 0 Å². The molecule has 1 aromatic carbocycles. The summed E-state index contributed by atoms with van der Waals surface area (Å²) >= 11 is 0. The molecule has 0 unspecified atom stereocenters. The van der Waals surface area contributed by atoms with Gasteiger partial charge >= 0.3 is 6.03 Å². The molecule has 27 heavy (non-hydrogen) atoms. The molecule has 0 spiro atoms. The van der Waals surface area contributed by atoms with Crippen molar-refractivity contribution in [2.45, 2.75) is 0 Å². The standard InChI is InChI=1S/C18H24N6O3/c1-23-6-8-24(9-7-23)17-11-16(19-12-20-17)22-18(25)21-14-5-4-13(26-2)10-15(14)27-3/h4-5,10-12H,6-9H2,1-3H3,(H2,19,20,21,22,25). The van der Waals surface area contributed by atoms with Gasteiger partial charge in [-0.3, -0.25) is 5.32 Å². The summed E-state index contributed by atoms with van der Waals surface area (Å²) in [7, 11) is 5.20. The number of hydrogen-bond donors (Lipinski definition) is 2. The van der Waals surface area contributed by atoms with Crippen LogP contribution < -0.4 is 25.0 Å². The smallest absolute Gasteiger partial charge is 0.324 e. The summed E-state index contributed by atoms with van der Waals surface area (Å²) in [6.07, 6.45) is 1.46. The number of rotatable bonds is 5. The lowest BCUT2D eigenvalue weighted by atomic mass is 10.2. The molecular weight excluding hydrogens is 348 g/mol. The van der Waals surface area contributed by atoms with Gasteiger partial charge in [-0.25, -0.2) is 14.8 Å². The molecule has 0 radical (unpaired) electrons. The molecule has 0 bridgehead atoms. The molecule has 0 aliphatic carbocycles. The van der Waals surface area contributed by atoms with E-state index in [9.17, 15) is 4.79 Å². The second kappa shape index (κ2) is 8.54. The SMILES string of the molecule is COc1ccc(NC(=O)Nc2cc(N3CCN(C)CC3)ncn2)c(OC)c1. The minimum Gasteiger partial charge on any atom is -0.497 e. The maximum absolute atomic E-state index is 12.3. The van der Waals surface area contributed by atoms with Gasteiger partial charge in [0, 0.05) is 38.3 Å². The summed E-state index contributed by atoms with van der Waals surface area (Å²) in [5.74, 6) is 2.38. The van der Waals surface area contributed by atoms with Crippen LogP contribution in [0.4, 0.5) is 22.1 Å². The Hall–Kier alpha value is -3.07. The fourth-order valence-electron chi connectivity index (χ4n) is 2.80. The van der Waals surface area contributed by atoms with Gasteiger partial charge in [-0.2, -0.15) is 0 Å². The predicted molar refractivity (Wildman–Crippen MR) is 104 cm³/mol. The van der Waals surface area contributed by atoms with E-state index in [-0.39, 0.29) is 0 Å². The van der Waals surface area contributed by atoms with Crippen LogP contribution in [0.1, 0.15) is 0 Å². The maximum Gasteiger partial charge on any atom is 0.324 e. The number of ether oxygens (including phenoxy) is 2. The summed E-state index contributed by atoms with van der Waals surface area (Å²) < 4.78 is 10.4. The molecule has 3 rings (SSSR count). The highest BCUT2D eigenvalue weighted by molar-refractivity contribution is 6.00. The molecular formula is C18H24N6O3. The van der Waals surface area contributed by atoms with Crippen molar-refractivity contribution in [2.75, 3.05) is 63.0 Å². The van der Waals surface area contributed by atoms with Crippen molar-refractivity contribution in [1.29, 1.82) is 0 Å². The van der Waals surface area contributed by atoms with E-state index in [0.29, 0.717) is 23.0 Å². The first-order chi connectivity index (χ1) is 13.1. The van der Waals surface area contributed by atoms with Gasteiger partial charge in [-0.1, -0.05) is 0 Å². The van der Waals surface area contributed by atoms with E-state index in [0.717, 1.165) is 32.0 Å². The largest absolute Gasteiger partial charge is 0.497 e. The first kappa shape index (κ1) is 18.7. The van der Waals surface area contributed by atoms with Crippen molar-refractivity contribution in [3.05, 3.63) is 30.6 Å². The summed E-state index contributed by atoms with van der Waals surface area (Å²) in [4.78, 5) is 25.2. The van der Waals surface area contributed by atoms with Crippen molar-refractivity contribution >= 4 is 23.4 Å². The molecule has 9 nitrogen and oxygen atoms in total. The minimum absolute atomic E-state index is 0.415. The highest BCUT2D eigenvalue weighted by Crippen LogP contribution is 2.29. The van der Waals surface area contributed by atoms with Gasteiger partial charge in [0.15, 0.2) is 0 Å². The summed E-state index contributed by atoms with van der Waals surface area (Å²) in [5, 5.41) is 5.49. The average Bonchev–Trinajstić information content (AvgIpc) is 2.69.